The number of carbonyl (C=O) groups excluding carboxylic acids is 1. The van der Waals surface area contributed by atoms with Gasteiger partial charge in [0.15, 0.2) is 11.3 Å². The van der Waals surface area contributed by atoms with E-state index < -0.39 is 0 Å². The van der Waals surface area contributed by atoms with Crippen LogP contribution in [0.25, 0.3) is 5.65 Å². The Bertz CT molecular complexity index is 772. The maximum atomic E-state index is 12.8. The molecule has 23 heavy (non-hydrogen) atoms. The van der Waals surface area contributed by atoms with E-state index in [9.17, 15) is 4.79 Å². The van der Waals surface area contributed by atoms with Crippen LogP contribution in [0.5, 0.6) is 0 Å². The Morgan fingerprint density at radius 1 is 1.35 bits per heavy atom. The lowest BCUT2D eigenvalue weighted by molar-refractivity contribution is -0.0523. The van der Waals surface area contributed by atoms with E-state index >= 15 is 0 Å². The molecular weight excluding hydrogens is 292 g/mol. The van der Waals surface area contributed by atoms with E-state index in [0.717, 1.165) is 25.9 Å². The van der Waals surface area contributed by atoms with E-state index in [2.05, 4.69) is 23.1 Å². The lowest BCUT2D eigenvalue weighted by Crippen LogP contribution is -2.48. The second-order valence-corrected chi connectivity index (χ2v) is 6.38. The first kappa shape index (κ1) is 14.4. The number of fused-ring (bicyclic) bond motifs is 1. The molecule has 6 nitrogen and oxygen atoms in total. The number of hydrogen-bond acceptors (Lipinski definition) is 4. The van der Waals surface area contributed by atoms with Gasteiger partial charge in [0, 0.05) is 19.3 Å². The maximum Gasteiger partial charge on any atom is 0.274 e. The fourth-order valence-electron chi connectivity index (χ4n) is 3.49. The molecule has 2 aromatic heterocycles. The van der Waals surface area contributed by atoms with Gasteiger partial charge in [-0.25, -0.2) is 9.50 Å². The molecule has 0 radical (unpaired) electrons. The van der Waals surface area contributed by atoms with Gasteiger partial charge in [0.1, 0.15) is 0 Å². The van der Waals surface area contributed by atoms with Crippen molar-refractivity contribution in [2.75, 3.05) is 19.7 Å². The molecule has 6 heteroatoms. The number of rotatable bonds is 1. The fraction of sp³-hybridized carbons (Fsp3) is 0.471. The maximum absolute atomic E-state index is 12.8. The summed E-state index contributed by atoms with van der Waals surface area (Å²) < 4.78 is 7.63. The first-order chi connectivity index (χ1) is 11.2. The third kappa shape index (κ3) is 2.53. The van der Waals surface area contributed by atoms with Crippen molar-refractivity contribution in [1.82, 2.24) is 19.5 Å². The summed E-state index contributed by atoms with van der Waals surface area (Å²) in [5.41, 5.74) is 2.44. The highest BCUT2D eigenvalue weighted by Gasteiger charge is 2.37. The minimum absolute atomic E-state index is 0.0115. The topological polar surface area (TPSA) is 59.7 Å². The molecule has 1 amide bonds. The molecular formula is C17H20N4O2. The Morgan fingerprint density at radius 3 is 2.96 bits per heavy atom. The highest BCUT2D eigenvalue weighted by Crippen LogP contribution is 2.33. The van der Waals surface area contributed by atoms with Gasteiger partial charge in [-0.3, -0.25) is 4.79 Å². The number of amides is 1. The van der Waals surface area contributed by atoms with Crippen LogP contribution in [0.4, 0.5) is 0 Å². The molecule has 0 bridgehead atoms. The van der Waals surface area contributed by atoms with Gasteiger partial charge in [0.05, 0.1) is 18.4 Å². The number of likely N-dealkylation sites (tertiary alicyclic amines) is 1. The zero-order chi connectivity index (χ0) is 15.9. The van der Waals surface area contributed by atoms with Crippen LogP contribution in [0.15, 0.2) is 36.2 Å². The summed E-state index contributed by atoms with van der Waals surface area (Å²) in [6.07, 6.45) is 8.24. The van der Waals surface area contributed by atoms with Crippen LogP contribution in [-0.4, -0.2) is 50.7 Å². The van der Waals surface area contributed by atoms with E-state index in [0.29, 0.717) is 24.4 Å². The Morgan fingerprint density at radius 2 is 2.17 bits per heavy atom. The van der Waals surface area contributed by atoms with Gasteiger partial charge < -0.3 is 9.64 Å². The Balaban J connectivity index is 1.52. The van der Waals surface area contributed by atoms with Crippen molar-refractivity contribution >= 4 is 11.6 Å². The van der Waals surface area contributed by atoms with Gasteiger partial charge in [-0.05, 0) is 38.3 Å². The molecule has 0 aromatic carbocycles. The Labute approximate surface area is 134 Å². The molecule has 1 fully saturated rings. The van der Waals surface area contributed by atoms with Gasteiger partial charge in [0.2, 0.25) is 0 Å². The van der Waals surface area contributed by atoms with E-state index in [1.807, 2.05) is 17.0 Å². The number of hydrogen-bond donors (Lipinski definition) is 0. The molecule has 120 valence electrons. The molecule has 2 aliphatic heterocycles. The van der Waals surface area contributed by atoms with Crippen LogP contribution < -0.4 is 0 Å². The monoisotopic (exact) mass is 312 g/mol. The molecule has 0 aliphatic carbocycles. The molecule has 1 saturated heterocycles. The molecule has 4 rings (SSSR count). The average molecular weight is 312 g/mol. The molecule has 0 unspecified atom stereocenters. The van der Waals surface area contributed by atoms with Gasteiger partial charge in [-0.2, -0.15) is 5.10 Å². The van der Waals surface area contributed by atoms with E-state index in [-0.39, 0.29) is 11.5 Å². The summed E-state index contributed by atoms with van der Waals surface area (Å²) in [5.74, 6) is -0.0115. The van der Waals surface area contributed by atoms with Crippen LogP contribution in [0.2, 0.25) is 0 Å². The largest absolute Gasteiger partial charge is 0.370 e. The van der Waals surface area contributed by atoms with Crippen LogP contribution >= 0.6 is 0 Å². The first-order valence-electron chi connectivity index (χ1n) is 8.07. The minimum atomic E-state index is -0.170. The van der Waals surface area contributed by atoms with Crippen molar-refractivity contribution < 1.29 is 9.53 Å². The predicted molar refractivity (Wildman–Crippen MR) is 85.2 cm³/mol. The lowest BCUT2D eigenvalue weighted by atomic mass is 9.87. The summed E-state index contributed by atoms with van der Waals surface area (Å²) in [7, 11) is 0. The molecule has 4 heterocycles. The number of aromatic nitrogens is 3. The number of nitrogens with zero attached hydrogens (tertiary/aromatic N) is 4. The SMILES string of the molecule is CC1=CC2(CCN(C(=O)c3cnc4cccnn34)CC2)OCC1. The van der Waals surface area contributed by atoms with Crippen molar-refractivity contribution in [2.24, 2.45) is 0 Å². The van der Waals surface area contributed by atoms with Gasteiger partial charge in [-0.1, -0.05) is 11.6 Å². The van der Waals surface area contributed by atoms with E-state index in [1.54, 1.807) is 16.9 Å². The van der Waals surface area contributed by atoms with E-state index in [4.69, 9.17) is 4.74 Å². The summed E-state index contributed by atoms with van der Waals surface area (Å²) in [4.78, 5) is 18.9. The van der Waals surface area contributed by atoms with Gasteiger partial charge in [-0.15, -0.1) is 0 Å². The number of carbonyl (C=O) groups is 1. The Kier molecular flexibility index (Phi) is 3.41. The normalized spacial score (nSPS) is 20.7. The molecule has 2 aromatic rings. The molecule has 0 saturated carbocycles. The van der Waals surface area contributed by atoms with Crippen molar-refractivity contribution in [3.05, 3.63) is 41.9 Å². The van der Waals surface area contributed by atoms with Crippen LogP contribution in [0, 0.1) is 0 Å². The second kappa shape index (κ2) is 5.45. The summed E-state index contributed by atoms with van der Waals surface area (Å²) >= 11 is 0. The smallest absolute Gasteiger partial charge is 0.274 e. The summed E-state index contributed by atoms with van der Waals surface area (Å²) in [6.45, 7) is 4.34. The highest BCUT2D eigenvalue weighted by molar-refractivity contribution is 5.93. The van der Waals surface area contributed by atoms with Crippen molar-refractivity contribution in [3.63, 3.8) is 0 Å². The van der Waals surface area contributed by atoms with Gasteiger partial charge in [0.25, 0.3) is 5.91 Å². The third-order valence-electron chi connectivity index (χ3n) is 4.79. The van der Waals surface area contributed by atoms with Crippen LogP contribution in [0.3, 0.4) is 0 Å². The average Bonchev–Trinajstić information content (AvgIpc) is 2.99. The number of piperidine rings is 1. The first-order valence-corrected chi connectivity index (χ1v) is 8.07. The van der Waals surface area contributed by atoms with Gasteiger partial charge >= 0.3 is 0 Å². The predicted octanol–water partition coefficient (Wildman–Crippen LogP) is 2.07. The molecule has 0 atom stereocenters. The number of imidazole rings is 1. The fourth-order valence-corrected chi connectivity index (χ4v) is 3.49. The standard InChI is InChI=1S/C17H20N4O2/c1-13-4-10-23-17(11-13)5-8-20(9-6-17)16(22)14-12-18-15-3-2-7-19-21(14)15/h2-3,7,11-12H,4-6,8-10H2,1H3. The summed E-state index contributed by atoms with van der Waals surface area (Å²) in [6, 6.07) is 3.66. The Hall–Kier alpha value is -2.21. The van der Waals surface area contributed by atoms with Crippen molar-refractivity contribution in [1.29, 1.82) is 0 Å². The highest BCUT2D eigenvalue weighted by atomic mass is 16.5. The van der Waals surface area contributed by atoms with Crippen molar-refractivity contribution in [3.8, 4) is 0 Å². The van der Waals surface area contributed by atoms with Crippen LogP contribution in [-0.2, 0) is 4.74 Å². The van der Waals surface area contributed by atoms with Crippen molar-refractivity contribution in [2.45, 2.75) is 31.8 Å². The second-order valence-electron chi connectivity index (χ2n) is 6.38. The molecule has 0 N–H and O–H groups in total. The van der Waals surface area contributed by atoms with E-state index in [1.165, 1.54) is 5.57 Å². The molecule has 2 aliphatic rings. The lowest BCUT2D eigenvalue weighted by Gasteiger charge is -2.42. The zero-order valence-electron chi connectivity index (χ0n) is 13.2. The third-order valence-corrected chi connectivity index (χ3v) is 4.79. The number of ether oxygens (including phenoxy) is 1. The summed E-state index contributed by atoms with van der Waals surface area (Å²) in [5, 5.41) is 4.22. The molecule has 1 spiro atoms. The zero-order valence-corrected chi connectivity index (χ0v) is 13.2. The quantitative estimate of drug-likeness (QED) is 0.756. The van der Waals surface area contributed by atoms with Crippen LogP contribution in [0.1, 0.15) is 36.7 Å². The minimum Gasteiger partial charge on any atom is -0.370 e.